The van der Waals surface area contributed by atoms with E-state index < -0.39 is 23.0 Å². The second-order valence-corrected chi connectivity index (χ2v) is 8.97. The van der Waals surface area contributed by atoms with Crippen LogP contribution in [0.4, 0.5) is 32.3 Å². The van der Waals surface area contributed by atoms with Crippen molar-refractivity contribution in [2.75, 3.05) is 35.2 Å². The molecule has 0 unspecified atom stereocenters. The molecule has 0 spiro atoms. The van der Waals surface area contributed by atoms with Crippen LogP contribution >= 0.6 is 0 Å². The first-order valence-corrected chi connectivity index (χ1v) is 13.3. The number of urea groups is 2. The van der Waals surface area contributed by atoms with Crippen LogP contribution in [0.25, 0.3) is 0 Å². The fourth-order valence-corrected chi connectivity index (χ4v) is 3.88. The maximum absolute atomic E-state index is 13.3. The highest BCUT2D eigenvalue weighted by molar-refractivity contribution is 6.02. The zero-order valence-corrected chi connectivity index (χ0v) is 23.2. The summed E-state index contributed by atoms with van der Waals surface area (Å²) < 4.78 is 10.8. The van der Waals surface area contributed by atoms with Gasteiger partial charge < -0.3 is 25.4 Å². The lowest BCUT2D eigenvalue weighted by atomic mass is 10.2. The first-order valence-electron chi connectivity index (χ1n) is 13.3. The van der Waals surface area contributed by atoms with Crippen molar-refractivity contribution in [2.24, 2.45) is 0 Å². The molecule has 0 saturated heterocycles. The number of para-hydroxylation sites is 1. The van der Waals surface area contributed by atoms with E-state index in [2.05, 4.69) is 16.0 Å². The molecule has 4 amide bonds. The van der Waals surface area contributed by atoms with Crippen LogP contribution < -0.4 is 25.6 Å². The third kappa shape index (κ3) is 8.79. The number of nitro benzene ring substituents is 1. The second kappa shape index (κ2) is 14.6. The molecule has 0 aromatic heterocycles. The lowest BCUT2D eigenvalue weighted by Crippen LogP contribution is -2.42. The Bertz CT molecular complexity index is 1540. The molecule has 4 rings (SSSR count). The summed E-state index contributed by atoms with van der Waals surface area (Å²) >= 11 is 0. The average Bonchev–Trinajstić information content (AvgIpc) is 3.01. The number of rotatable bonds is 11. The number of ether oxygens (including phenoxy) is 2. The number of esters is 1. The van der Waals surface area contributed by atoms with Gasteiger partial charge in [0, 0.05) is 42.3 Å². The zero-order chi connectivity index (χ0) is 30.6. The number of benzene rings is 4. The van der Waals surface area contributed by atoms with Gasteiger partial charge in [-0.15, -0.1) is 0 Å². The maximum atomic E-state index is 13.3. The van der Waals surface area contributed by atoms with Crippen molar-refractivity contribution in [2.45, 2.75) is 6.92 Å². The van der Waals surface area contributed by atoms with Gasteiger partial charge in [-0.1, -0.05) is 18.2 Å². The molecule has 0 heterocycles. The smallest absolute Gasteiger partial charge is 0.338 e. The first kappa shape index (κ1) is 30.1. The quantitative estimate of drug-likeness (QED) is 0.105. The molecule has 0 aliphatic rings. The largest absolute Gasteiger partial charge is 0.462 e. The normalized spacial score (nSPS) is 10.3. The van der Waals surface area contributed by atoms with Gasteiger partial charge in [-0.3, -0.25) is 15.0 Å². The Morgan fingerprint density at radius 1 is 0.791 bits per heavy atom. The molecule has 0 atom stereocenters. The Balaban J connectivity index is 1.41. The van der Waals surface area contributed by atoms with Gasteiger partial charge in [-0.2, -0.15) is 0 Å². The Morgan fingerprint density at radius 3 is 2.02 bits per heavy atom. The highest BCUT2D eigenvalue weighted by Gasteiger charge is 2.17. The third-order valence-electron chi connectivity index (χ3n) is 5.98. The van der Waals surface area contributed by atoms with Crippen LogP contribution in [0.1, 0.15) is 17.3 Å². The van der Waals surface area contributed by atoms with Crippen LogP contribution in [0, 0.1) is 10.1 Å². The molecule has 0 aliphatic carbocycles. The lowest BCUT2D eigenvalue weighted by molar-refractivity contribution is -0.384. The number of hydrogen-bond acceptors (Lipinski definition) is 7. The summed E-state index contributed by atoms with van der Waals surface area (Å²) in [6.07, 6.45) is 0. The van der Waals surface area contributed by atoms with E-state index in [4.69, 9.17) is 9.47 Å². The summed E-state index contributed by atoms with van der Waals surface area (Å²) in [7, 11) is 0. The molecule has 0 radical (unpaired) electrons. The highest BCUT2D eigenvalue weighted by Crippen LogP contribution is 2.25. The van der Waals surface area contributed by atoms with E-state index in [-0.39, 0.29) is 25.4 Å². The number of non-ortho nitro benzene ring substituents is 1. The van der Waals surface area contributed by atoms with Crippen molar-refractivity contribution in [1.82, 2.24) is 5.32 Å². The summed E-state index contributed by atoms with van der Waals surface area (Å²) in [5, 5.41) is 19.1. The van der Waals surface area contributed by atoms with Crippen molar-refractivity contribution in [3.8, 4) is 11.5 Å². The van der Waals surface area contributed by atoms with Crippen LogP contribution in [0.3, 0.4) is 0 Å². The van der Waals surface area contributed by atoms with Gasteiger partial charge in [0.25, 0.3) is 5.69 Å². The minimum Gasteiger partial charge on any atom is -0.462 e. The van der Waals surface area contributed by atoms with E-state index in [1.54, 1.807) is 55.5 Å². The topological polar surface area (TPSA) is 152 Å². The number of carbonyl (C=O) groups is 3. The number of anilines is 3. The Hall–Kier alpha value is -5.91. The molecule has 12 nitrogen and oxygen atoms in total. The van der Waals surface area contributed by atoms with Crippen LogP contribution in [0.5, 0.6) is 11.5 Å². The molecular weight excluding hydrogens is 554 g/mol. The minimum absolute atomic E-state index is 0.0860. The maximum Gasteiger partial charge on any atom is 0.338 e. The predicted molar refractivity (Wildman–Crippen MR) is 162 cm³/mol. The summed E-state index contributed by atoms with van der Waals surface area (Å²) in [5.41, 5.74) is 1.61. The highest BCUT2D eigenvalue weighted by atomic mass is 16.6. The van der Waals surface area contributed by atoms with E-state index in [9.17, 15) is 24.5 Å². The summed E-state index contributed by atoms with van der Waals surface area (Å²) in [5.74, 6) is 0.774. The third-order valence-corrected chi connectivity index (χ3v) is 5.98. The molecule has 43 heavy (non-hydrogen) atoms. The van der Waals surface area contributed by atoms with Crippen LogP contribution in [-0.4, -0.2) is 42.7 Å². The molecule has 4 aromatic rings. The molecular formula is C31H29N5O7. The van der Waals surface area contributed by atoms with Crippen molar-refractivity contribution in [3.63, 3.8) is 0 Å². The number of hydrogen-bond donors (Lipinski definition) is 3. The van der Waals surface area contributed by atoms with Gasteiger partial charge in [0.1, 0.15) is 11.5 Å². The van der Waals surface area contributed by atoms with Gasteiger partial charge in [0.05, 0.1) is 17.1 Å². The van der Waals surface area contributed by atoms with E-state index in [0.717, 1.165) is 0 Å². The molecule has 3 N–H and O–H groups in total. The minimum atomic E-state index is -0.525. The van der Waals surface area contributed by atoms with Gasteiger partial charge in [0.2, 0.25) is 0 Å². The Morgan fingerprint density at radius 2 is 1.40 bits per heavy atom. The lowest BCUT2D eigenvalue weighted by Gasteiger charge is -2.24. The Kier molecular flexibility index (Phi) is 10.2. The SMILES string of the molecule is CCOC(=O)c1ccc(NC(=O)NCCN(C(=O)Nc2ccc([N+](=O)[O-])cc2)c2ccc(Oc3ccccc3)cc2)cc1. The van der Waals surface area contributed by atoms with E-state index in [0.29, 0.717) is 34.1 Å². The van der Waals surface area contributed by atoms with Crippen LogP contribution in [-0.2, 0) is 4.74 Å². The van der Waals surface area contributed by atoms with Crippen LogP contribution in [0.2, 0.25) is 0 Å². The molecule has 12 heteroatoms. The van der Waals surface area contributed by atoms with Gasteiger partial charge >= 0.3 is 18.0 Å². The number of nitrogens with zero attached hydrogens (tertiary/aromatic N) is 2. The van der Waals surface area contributed by atoms with Gasteiger partial charge in [0.15, 0.2) is 0 Å². The summed E-state index contributed by atoms with van der Waals surface area (Å²) in [6.45, 7) is 2.15. The number of carbonyl (C=O) groups excluding carboxylic acids is 3. The molecule has 0 bridgehead atoms. The van der Waals surface area contributed by atoms with E-state index in [1.807, 2.05) is 30.3 Å². The molecule has 0 saturated carbocycles. The van der Waals surface area contributed by atoms with E-state index in [1.165, 1.54) is 29.2 Å². The summed E-state index contributed by atoms with van der Waals surface area (Å²) in [4.78, 5) is 49.5. The number of nitro groups is 1. The van der Waals surface area contributed by atoms with Gasteiger partial charge in [-0.05, 0) is 79.7 Å². The number of amides is 4. The first-order chi connectivity index (χ1) is 20.8. The predicted octanol–water partition coefficient (Wildman–Crippen LogP) is 6.42. The molecule has 0 fully saturated rings. The molecule has 220 valence electrons. The fraction of sp³-hybridized carbons (Fsp3) is 0.129. The monoisotopic (exact) mass is 583 g/mol. The van der Waals surface area contributed by atoms with Crippen molar-refractivity contribution in [1.29, 1.82) is 0 Å². The van der Waals surface area contributed by atoms with Gasteiger partial charge in [-0.25, -0.2) is 14.4 Å². The zero-order valence-electron chi connectivity index (χ0n) is 23.2. The molecule has 0 aliphatic heterocycles. The number of nitrogens with one attached hydrogen (secondary N) is 3. The van der Waals surface area contributed by atoms with Crippen molar-refractivity contribution in [3.05, 3.63) is 119 Å². The Labute approximate surface area is 247 Å². The summed E-state index contributed by atoms with van der Waals surface area (Å²) in [6, 6.07) is 26.8. The standard InChI is InChI=1S/C31H29N5O7/c1-2-42-29(37)22-8-10-23(11-9-22)33-30(38)32-20-21-35(31(39)34-24-12-14-26(15-13-24)36(40)41)25-16-18-28(19-17-25)43-27-6-4-3-5-7-27/h3-19H,2,20-21H2,1H3,(H,34,39)(H2,32,33,38). The second-order valence-electron chi connectivity index (χ2n) is 8.97. The van der Waals surface area contributed by atoms with Crippen LogP contribution in [0.15, 0.2) is 103 Å². The van der Waals surface area contributed by atoms with Crippen molar-refractivity contribution >= 4 is 40.8 Å². The average molecular weight is 584 g/mol. The van der Waals surface area contributed by atoms with E-state index >= 15 is 0 Å². The fourth-order valence-electron chi connectivity index (χ4n) is 3.88. The molecule has 4 aromatic carbocycles. The van der Waals surface area contributed by atoms with Crippen molar-refractivity contribution < 1.29 is 28.8 Å².